The lowest BCUT2D eigenvalue weighted by Crippen LogP contribution is -2.45. The van der Waals surface area contributed by atoms with Crippen molar-refractivity contribution in [3.63, 3.8) is 0 Å². The monoisotopic (exact) mass is 674 g/mol. The van der Waals surface area contributed by atoms with Gasteiger partial charge < -0.3 is 25.2 Å². The lowest BCUT2D eigenvalue weighted by molar-refractivity contribution is -0.137. The molecule has 47 heavy (non-hydrogen) atoms. The maximum atomic E-state index is 16.9. The molecule has 3 aliphatic rings. The summed E-state index contributed by atoms with van der Waals surface area (Å²) >= 11 is 0.703. The molecule has 3 N–H and O–H groups in total. The molecule has 4 aromatic rings. The fourth-order valence-corrected chi connectivity index (χ4v) is 7.49. The molecule has 0 atom stereocenters. The van der Waals surface area contributed by atoms with E-state index in [1.807, 2.05) is 6.07 Å². The average Bonchev–Trinajstić information content (AvgIpc) is 3.70. The number of aliphatic hydroxyl groups is 1. The Bertz CT molecular complexity index is 1910. The fourth-order valence-electron chi connectivity index (χ4n) is 6.54. The number of benzene rings is 2. The van der Waals surface area contributed by atoms with E-state index in [0.717, 1.165) is 50.7 Å². The predicted octanol–water partition coefficient (Wildman–Crippen LogP) is 5.71. The van der Waals surface area contributed by atoms with Gasteiger partial charge in [-0.3, -0.25) is 4.90 Å². The number of aromatic nitrogens is 2. The maximum absolute atomic E-state index is 16.9. The van der Waals surface area contributed by atoms with Gasteiger partial charge in [0.2, 0.25) is 0 Å². The second kappa shape index (κ2) is 11.7. The quantitative estimate of drug-likeness (QED) is 0.227. The molecular formula is C32H31F5N6O3S. The van der Waals surface area contributed by atoms with Crippen LogP contribution >= 0.6 is 11.3 Å². The van der Waals surface area contributed by atoms with Crippen LogP contribution in [-0.4, -0.2) is 78.6 Å². The van der Waals surface area contributed by atoms with Crippen LogP contribution in [-0.2, 0) is 10.9 Å². The van der Waals surface area contributed by atoms with Gasteiger partial charge in [-0.1, -0.05) is 6.07 Å². The van der Waals surface area contributed by atoms with E-state index in [4.69, 9.17) is 15.2 Å². The molecule has 2 aromatic heterocycles. The van der Waals surface area contributed by atoms with Gasteiger partial charge in [0.15, 0.2) is 5.82 Å². The van der Waals surface area contributed by atoms with E-state index in [1.165, 1.54) is 0 Å². The number of rotatable bonds is 8. The maximum Gasteiger partial charge on any atom is 0.417 e. The number of nitriles is 1. The van der Waals surface area contributed by atoms with Gasteiger partial charge in [-0.05, 0) is 43.4 Å². The Morgan fingerprint density at radius 1 is 1.21 bits per heavy atom. The van der Waals surface area contributed by atoms with Crippen LogP contribution in [0, 0.1) is 28.4 Å². The van der Waals surface area contributed by atoms with Crippen LogP contribution in [0.3, 0.4) is 0 Å². The van der Waals surface area contributed by atoms with Gasteiger partial charge in [-0.2, -0.15) is 28.4 Å². The van der Waals surface area contributed by atoms with E-state index in [2.05, 4.69) is 14.9 Å². The highest BCUT2D eigenvalue weighted by Gasteiger charge is 2.45. The van der Waals surface area contributed by atoms with Crippen LogP contribution in [0.4, 0.5) is 32.8 Å². The van der Waals surface area contributed by atoms with Crippen molar-refractivity contribution in [3.05, 3.63) is 41.0 Å². The van der Waals surface area contributed by atoms with Gasteiger partial charge in [0.05, 0.1) is 41.8 Å². The van der Waals surface area contributed by atoms with E-state index in [-0.39, 0.29) is 61.5 Å². The van der Waals surface area contributed by atoms with E-state index >= 15 is 4.39 Å². The van der Waals surface area contributed by atoms with Gasteiger partial charge in [0.1, 0.15) is 28.2 Å². The highest BCUT2D eigenvalue weighted by atomic mass is 32.1. The van der Waals surface area contributed by atoms with Gasteiger partial charge in [-0.15, -0.1) is 11.3 Å². The Morgan fingerprint density at radius 3 is 2.57 bits per heavy atom. The summed E-state index contributed by atoms with van der Waals surface area (Å²) in [6.07, 6.45) is -3.10. The minimum absolute atomic E-state index is 0.0256. The van der Waals surface area contributed by atoms with Crippen LogP contribution in [0.15, 0.2) is 18.2 Å². The normalized spacial score (nSPS) is 21.1. The summed E-state index contributed by atoms with van der Waals surface area (Å²) < 4.78 is 87.5. The van der Waals surface area contributed by atoms with Crippen LogP contribution in [0.5, 0.6) is 6.01 Å². The van der Waals surface area contributed by atoms with Crippen molar-refractivity contribution in [3.8, 4) is 23.2 Å². The number of nitrogens with two attached hydrogens (primary N) is 1. The molecule has 7 rings (SSSR count). The van der Waals surface area contributed by atoms with Gasteiger partial charge in [0, 0.05) is 54.5 Å². The van der Waals surface area contributed by atoms with Crippen molar-refractivity contribution in [1.82, 2.24) is 14.9 Å². The number of fused-ring (bicyclic) bond motifs is 2. The first-order valence-electron chi connectivity index (χ1n) is 15.3. The van der Waals surface area contributed by atoms with E-state index in [0.29, 0.717) is 37.4 Å². The molecule has 3 heterocycles. The number of anilines is 2. The molecular weight excluding hydrogens is 643 g/mol. The van der Waals surface area contributed by atoms with Crippen LogP contribution in [0.25, 0.3) is 32.1 Å². The first kappa shape index (κ1) is 31.7. The van der Waals surface area contributed by atoms with E-state index in [1.54, 1.807) is 11.9 Å². The second-order valence-corrected chi connectivity index (χ2v) is 13.7. The minimum atomic E-state index is -5.06. The number of aliphatic hydroxyl groups excluding tert-OH is 1. The predicted molar refractivity (Wildman–Crippen MR) is 166 cm³/mol. The number of halogens is 5. The molecule has 1 saturated heterocycles. The van der Waals surface area contributed by atoms with Crippen LogP contribution in [0.2, 0.25) is 0 Å². The first-order valence-corrected chi connectivity index (χ1v) is 16.1. The molecule has 0 spiro atoms. The Labute approximate surface area is 270 Å². The molecule has 2 aliphatic carbocycles. The number of hydrogen-bond donors (Lipinski definition) is 2. The summed E-state index contributed by atoms with van der Waals surface area (Å²) in [5.41, 5.74) is 2.57. The summed E-state index contributed by atoms with van der Waals surface area (Å²) in [7, 11) is 1.62. The number of nitrogens with zero attached hydrogens (tertiary/aromatic N) is 5. The molecule has 2 aromatic carbocycles. The lowest BCUT2D eigenvalue weighted by Gasteiger charge is -2.39. The number of nitrogen functional groups attached to an aromatic ring is 1. The second-order valence-electron chi connectivity index (χ2n) is 12.7. The molecule has 3 fully saturated rings. The third-order valence-electron chi connectivity index (χ3n) is 9.49. The van der Waals surface area contributed by atoms with Crippen LogP contribution < -0.4 is 15.4 Å². The van der Waals surface area contributed by atoms with Crippen molar-refractivity contribution in [2.75, 3.05) is 57.1 Å². The molecule has 2 saturated carbocycles. The van der Waals surface area contributed by atoms with Gasteiger partial charge in [0.25, 0.3) is 0 Å². The zero-order valence-corrected chi connectivity index (χ0v) is 26.1. The Hall–Kier alpha value is -3.84. The highest BCUT2D eigenvalue weighted by Crippen LogP contribution is 2.49. The Morgan fingerprint density at radius 2 is 1.94 bits per heavy atom. The van der Waals surface area contributed by atoms with Crippen molar-refractivity contribution in [1.29, 1.82) is 5.26 Å². The van der Waals surface area contributed by atoms with Crippen LogP contribution in [0.1, 0.15) is 36.8 Å². The summed E-state index contributed by atoms with van der Waals surface area (Å²) in [6, 6.07) is 4.12. The number of hydrogen-bond acceptors (Lipinski definition) is 10. The Kier molecular flexibility index (Phi) is 7.90. The minimum Gasteiger partial charge on any atom is -0.463 e. The van der Waals surface area contributed by atoms with Gasteiger partial charge in [-0.25, -0.2) is 8.78 Å². The van der Waals surface area contributed by atoms with E-state index in [9.17, 15) is 27.9 Å². The largest absolute Gasteiger partial charge is 0.463 e. The number of ether oxygens (including phenoxy) is 2. The van der Waals surface area contributed by atoms with E-state index < -0.39 is 40.6 Å². The SMILES string of the molecule is CN(c1nc(OCC2(CN3CCOCC3)CC2)nc2c(F)c(-c3ccc(F)c4sc(N)c(C#N)c34)c(C(F)(F)F)cc12)C1CC(O)C1. The molecule has 0 bridgehead atoms. The fraction of sp³-hybridized carbons (Fsp3) is 0.469. The Balaban J connectivity index is 1.39. The molecule has 9 nitrogen and oxygen atoms in total. The van der Waals surface area contributed by atoms with Crippen molar-refractivity contribution < 1.29 is 36.5 Å². The summed E-state index contributed by atoms with van der Waals surface area (Å²) in [5, 5.41) is 19.2. The molecule has 15 heteroatoms. The first-order chi connectivity index (χ1) is 22.4. The summed E-state index contributed by atoms with van der Waals surface area (Å²) in [5.74, 6) is -2.09. The van der Waals surface area contributed by atoms with Crippen molar-refractivity contribution >= 4 is 43.1 Å². The average molecular weight is 675 g/mol. The van der Waals surface area contributed by atoms with Crippen molar-refractivity contribution in [2.45, 2.75) is 44.0 Å². The molecule has 0 unspecified atom stereocenters. The third kappa shape index (κ3) is 5.71. The zero-order valence-electron chi connectivity index (χ0n) is 25.3. The summed E-state index contributed by atoms with van der Waals surface area (Å²) in [6.45, 7) is 3.89. The topological polar surface area (TPSA) is 121 Å². The zero-order chi connectivity index (χ0) is 33.2. The van der Waals surface area contributed by atoms with Gasteiger partial charge >= 0.3 is 12.2 Å². The molecule has 0 radical (unpaired) electrons. The molecule has 1 aliphatic heterocycles. The molecule has 248 valence electrons. The third-order valence-corrected chi connectivity index (χ3v) is 10.5. The number of morpholine rings is 1. The highest BCUT2D eigenvalue weighted by molar-refractivity contribution is 7.23. The van der Waals surface area contributed by atoms with Crippen molar-refractivity contribution in [2.24, 2.45) is 5.41 Å². The lowest BCUT2D eigenvalue weighted by atomic mass is 9.88. The summed E-state index contributed by atoms with van der Waals surface area (Å²) in [4.78, 5) is 12.7. The number of alkyl halides is 3. The smallest absolute Gasteiger partial charge is 0.417 e. The number of thiophene rings is 1. The standard InChI is InChI=1S/C32H31F5N6O3S/c1-42(16-10-17(44)11-16)29-19-12-21(32(35,36)37)24(18-2-3-22(33)27-23(18)20(13-38)28(39)47-27)25(34)26(19)40-30(41-29)46-15-31(4-5-31)14-43-6-8-45-9-7-43/h2-3,12,16-17,44H,4-11,14-15,39H2,1H3. The molecule has 0 amide bonds.